The maximum absolute atomic E-state index is 13.0. The summed E-state index contributed by atoms with van der Waals surface area (Å²) in [5.74, 6) is -0.183. The number of carbonyl (C=O) groups is 1. The molecule has 0 spiro atoms. The lowest BCUT2D eigenvalue weighted by Crippen LogP contribution is -2.38. The van der Waals surface area contributed by atoms with Crippen LogP contribution in [0.1, 0.15) is 43.8 Å². The summed E-state index contributed by atoms with van der Waals surface area (Å²) in [5.41, 5.74) is -0.165. The average molecular weight is 501 g/mol. The number of hydrogen-bond acceptors (Lipinski definition) is 9. The highest BCUT2D eigenvalue weighted by Gasteiger charge is 2.67. The van der Waals surface area contributed by atoms with Gasteiger partial charge in [0.25, 0.3) is 5.08 Å². The molecule has 0 aliphatic carbocycles. The van der Waals surface area contributed by atoms with Crippen molar-refractivity contribution in [2.24, 2.45) is 0 Å². The minimum absolute atomic E-state index is 0.118. The Kier molecular flexibility index (Phi) is 6.90. The van der Waals surface area contributed by atoms with Crippen molar-refractivity contribution in [2.45, 2.75) is 51.1 Å². The molecule has 11 nitrogen and oxygen atoms in total. The maximum Gasteiger partial charge on any atom is 0.514 e. The van der Waals surface area contributed by atoms with Crippen molar-refractivity contribution in [3.63, 3.8) is 0 Å². The molecule has 1 aromatic carbocycles. The van der Waals surface area contributed by atoms with Gasteiger partial charge in [-0.25, -0.2) is 4.79 Å². The Bertz CT molecular complexity index is 1110. The fourth-order valence-electron chi connectivity index (χ4n) is 3.00. The zero-order chi connectivity index (χ0) is 24.7. The Morgan fingerprint density at radius 1 is 1.18 bits per heavy atom. The van der Waals surface area contributed by atoms with Gasteiger partial charge in [0.1, 0.15) is 11.4 Å². The molecule has 2 aromatic rings. The van der Waals surface area contributed by atoms with Gasteiger partial charge >= 0.3 is 21.3 Å². The molecule has 3 N–H and O–H groups in total. The Hall–Kier alpha value is -2.10. The summed E-state index contributed by atoms with van der Waals surface area (Å²) in [6.45, 7) is 6.56. The lowest BCUT2D eigenvalue weighted by molar-refractivity contribution is -0.0591. The second-order valence-electron chi connectivity index (χ2n) is 8.50. The highest BCUT2D eigenvalue weighted by molar-refractivity contribution is 7.73. The second kappa shape index (κ2) is 8.92. The van der Waals surface area contributed by atoms with Gasteiger partial charge < -0.3 is 24.4 Å². The summed E-state index contributed by atoms with van der Waals surface area (Å²) in [7, 11) is -10.4. The molecule has 3 rings (SSSR count). The van der Waals surface area contributed by atoms with Crippen LogP contribution in [0.2, 0.25) is 0 Å². The zero-order valence-electron chi connectivity index (χ0n) is 18.4. The monoisotopic (exact) mass is 501 g/mol. The molecule has 180 valence electrons. The van der Waals surface area contributed by atoms with E-state index in [1.807, 2.05) is 0 Å². The number of aryl methyl sites for hydroxylation is 1. The molecular weight excluding hydrogens is 476 g/mol. The number of ether oxygens (including phenoxy) is 2. The molecule has 0 saturated carbocycles. The second-order valence-corrected chi connectivity index (χ2v) is 12.8. The third kappa shape index (κ3) is 5.53. The summed E-state index contributed by atoms with van der Waals surface area (Å²) in [6.07, 6.45) is -1.01. The topological polar surface area (TPSA) is 162 Å². The smallest absolute Gasteiger partial charge is 0.428 e. The fourth-order valence-corrected chi connectivity index (χ4v) is 6.57. The largest absolute Gasteiger partial charge is 0.514 e. The number of nitrogens with zero attached hydrogens (tertiary/aromatic N) is 1. The summed E-state index contributed by atoms with van der Waals surface area (Å²) in [6, 6.07) is 7.24. The number of benzene rings is 1. The van der Waals surface area contributed by atoms with Gasteiger partial charge in [0.15, 0.2) is 0 Å². The number of hydrogen-bond donors (Lipinski definition) is 3. The van der Waals surface area contributed by atoms with Crippen LogP contribution in [0, 0.1) is 6.92 Å². The number of carbonyl (C=O) groups excluding carboxylic acids is 1. The van der Waals surface area contributed by atoms with E-state index >= 15 is 0 Å². The van der Waals surface area contributed by atoms with Crippen LogP contribution in [-0.2, 0) is 29.3 Å². The van der Waals surface area contributed by atoms with Crippen LogP contribution in [0.25, 0.3) is 0 Å². The van der Waals surface area contributed by atoms with Crippen LogP contribution in [0.3, 0.4) is 0 Å². The van der Waals surface area contributed by atoms with Crippen molar-refractivity contribution in [1.29, 1.82) is 0 Å². The Morgan fingerprint density at radius 3 is 2.36 bits per heavy atom. The highest BCUT2D eigenvalue weighted by atomic mass is 31.2. The molecule has 13 heteroatoms. The van der Waals surface area contributed by atoms with Crippen molar-refractivity contribution in [1.82, 2.24) is 4.98 Å². The van der Waals surface area contributed by atoms with Crippen LogP contribution in [0.4, 0.5) is 4.79 Å². The van der Waals surface area contributed by atoms with Gasteiger partial charge in [-0.15, -0.1) is 0 Å². The molecule has 1 saturated heterocycles. The summed E-state index contributed by atoms with van der Waals surface area (Å²) in [4.78, 5) is 37.0. The Balaban J connectivity index is 1.95. The summed E-state index contributed by atoms with van der Waals surface area (Å²) < 4.78 is 46.5. The zero-order valence-corrected chi connectivity index (χ0v) is 20.2. The van der Waals surface area contributed by atoms with Crippen LogP contribution >= 0.6 is 15.2 Å². The lowest BCUT2D eigenvalue weighted by atomic mass is 10.1. The van der Waals surface area contributed by atoms with Crippen molar-refractivity contribution in [3.8, 4) is 5.75 Å². The van der Waals surface area contributed by atoms with E-state index < -0.39 is 44.7 Å². The minimum atomic E-state index is -5.20. The van der Waals surface area contributed by atoms with Crippen LogP contribution in [-0.4, -0.2) is 36.7 Å². The number of rotatable bonds is 4. The van der Waals surface area contributed by atoms with Crippen LogP contribution in [0.15, 0.2) is 42.7 Å². The van der Waals surface area contributed by atoms with Crippen molar-refractivity contribution < 1.29 is 47.3 Å². The van der Waals surface area contributed by atoms with Crippen LogP contribution in [0.5, 0.6) is 5.75 Å². The van der Waals surface area contributed by atoms with E-state index in [4.69, 9.17) is 18.5 Å². The first-order valence-corrected chi connectivity index (χ1v) is 12.9. The van der Waals surface area contributed by atoms with E-state index in [0.717, 1.165) is 0 Å². The molecule has 0 radical (unpaired) electrons. The third-order valence-corrected chi connectivity index (χ3v) is 9.15. The molecular formula is C20H25NO10P2. The number of pyridine rings is 1. The fraction of sp³-hybridized carbons (Fsp3) is 0.400. The van der Waals surface area contributed by atoms with Gasteiger partial charge in [-0.2, -0.15) is 0 Å². The van der Waals surface area contributed by atoms with Gasteiger partial charge in [0, 0.05) is 18.8 Å². The normalized spacial score (nSPS) is 30.0. The van der Waals surface area contributed by atoms with E-state index in [9.17, 15) is 28.8 Å². The third-order valence-electron chi connectivity index (χ3n) is 4.55. The van der Waals surface area contributed by atoms with Crippen molar-refractivity contribution >= 4 is 21.3 Å². The standard InChI is InChI=1S/C20H25NO10P2/c1-13-7-8-16(28-18(22)29-19(2,3)4)15(10-13)17-30-32(24,25)20(23,33(26,27)31-17)11-14-6-5-9-21-12-14/h5-10,12,17,23H,11H2,1-4H3,(H,24,25)(H,26,27). The molecule has 0 bridgehead atoms. The Morgan fingerprint density at radius 2 is 1.82 bits per heavy atom. The van der Waals surface area contributed by atoms with Gasteiger partial charge in [-0.3, -0.25) is 23.2 Å². The molecule has 2 atom stereocenters. The number of aromatic nitrogens is 1. The molecule has 1 fully saturated rings. The van der Waals surface area contributed by atoms with Crippen LogP contribution < -0.4 is 4.74 Å². The molecule has 0 amide bonds. The highest BCUT2D eigenvalue weighted by Crippen LogP contribution is 2.79. The lowest BCUT2D eigenvalue weighted by Gasteiger charge is -2.41. The molecule has 33 heavy (non-hydrogen) atoms. The molecule has 1 aliphatic rings. The van der Waals surface area contributed by atoms with E-state index in [1.54, 1.807) is 33.8 Å². The maximum atomic E-state index is 13.0. The van der Waals surface area contributed by atoms with E-state index in [0.29, 0.717) is 5.56 Å². The molecule has 2 unspecified atom stereocenters. The minimum Gasteiger partial charge on any atom is -0.428 e. The quantitative estimate of drug-likeness (QED) is 0.315. The molecule has 2 heterocycles. The average Bonchev–Trinajstić information content (AvgIpc) is 2.66. The van der Waals surface area contributed by atoms with Gasteiger partial charge in [0.05, 0.1) is 5.56 Å². The van der Waals surface area contributed by atoms with Crippen molar-refractivity contribution in [2.75, 3.05) is 0 Å². The summed E-state index contributed by atoms with van der Waals surface area (Å²) in [5, 5.41) is 7.69. The van der Waals surface area contributed by atoms with Gasteiger partial charge in [-0.05, 0) is 51.5 Å². The number of aliphatic hydroxyl groups is 1. The first kappa shape index (κ1) is 25.5. The summed E-state index contributed by atoms with van der Waals surface area (Å²) >= 11 is 0. The van der Waals surface area contributed by atoms with E-state index in [-0.39, 0.29) is 16.9 Å². The first-order valence-electron chi connectivity index (χ1n) is 9.79. The van der Waals surface area contributed by atoms with Gasteiger partial charge in [-0.1, -0.05) is 17.7 Å². The predicted molar refractivity (Wildman–Crippen MR) is 115 cm³/mol. The molecule has 1 aliphatic heterocycles. The molecule has 1 aromatic heterocycles. The van der Waals surface area contributed by atoms with Crippen molar-refractivity contribution in [3.05, 3.63) is 59.4 Å². The van der Waals surface area contributed by atoms with E-state index in [1.165, 1.54) is 36.7 Å². The Labute approximate surface area is 190 Å². The SMILES string of the molecule is Cc1ccc(OC(=O)OC(C)(C)C)c(C2OP(=O)(O)C(O)(Cc3cccnc3)P(=O)(O)O2)c1. The van der Waals surface area contributed by atoms with E-state index in [2.05, 4.69) is 4.98 Å². The first-order chi connectivity index (χ1) is 15.1. The van der Waals surface area contributed by atoms with Gasteiger partial charge in [0.2, 0.25) is 6.29 Å². The predicted octanol–water partition coefficient (Wildman–Crippen LogP) is 4.01.